The smallest absolute Gasteiger partial charge is 0.322 e. The first-order valence-electron chi connectivity index (χ1n) is 6.22. The van der Waals surface area contributed by atoms with Crippen LogP contribution < -0.4 is 5.32 Å². The Hall–Kier alpha value is -1.55. The van der Waals surface area contributed by atoms with Gasteiger partial charge in [0.1, 0.15) is 0 Å². The quantitative estimate of drug-likeness (QED) is 0.863. The molecule has 0 aliphatic carbocycles. The number of hydrogen-bond acceptors (Lipinski definition) is 2. The Kier molecular flexibility index (Phi) is 5.16. The van der Waals surface area contributed by atoms with Crippen LogP contribution in [0.2, 0.25) is 0 Å². The van der Waals surface area contributed by atoms with E-state index in [1.165, 1.54) is 0 Å². The van der Waals surface area contributed by atoms with Gasteiger partial charge in [-0.15, -0.1) is 0 Å². The van der Waals surface area contributed by atoms with E-state index in [1.54, 1.807) is 11.8 Å². The van der Waals surface area contributed by atoms with Gasteiger partial charge in [-0.05, 0) is 39.8 Å². The van der Waals surface area contributed by atoms with Crippen LogP contribution in [0.1, 0.15) is 26.3 Å². The summed E-state index contributed by atoms with van der Waals surface area (Å²) in [5.74, 6) is 0. The van der Waals surface area contributed by atoms with E-state index in [4.69, 9.17) is 0 Å². The van der Waals surface area contributed by atoms with Crippen molar-refractivity contribution in [1.29, 1.82) is 0 Å². The van der Waals surface area contributed by atoms with E-state index in [0.717, 1.165) is 11.3 Å². The van der Waals surface area contributed by atoms with E-state index in [1.807, 2.05) is 45.0 Å². The summed E-state index contributed by atoms with van der Waals surface area (Å²) in [5.41, 5.74) is 1.92. The molecule has 1 atom stereocenters. The van der Waals surface area contributed by atoms with E-state index in [2.05, 4.69) is 5.32 Å². The van der Waals surface area contributed by atoms with Gasteiger partial charge in [0.05, 0.1) is 6.10 Å². The summed E-state index contributed by atoms with van der Waals surface area (Å²) in [6, 6.07) is 7.50. The highest BCUT2D eigenvalue weighted by Crippen LogP contribution is 2.11. The zero-order valence-corrected chi connectivity index (χ0v) is 11.5. The van der Waals surface area contributed by atoms with Gasteiger partial charge in [0.2, 0.25) is 0 Å². The zero-order chi connectivity index (χ0) is 13.7. The average Bonchev–Trinajstić information content (AvgIpc) is 2.28. The maximum Gasteiger partial charge on any atom is 0.322 e. The zero-order valence-electron chi connectivity index (χ0n) is 11.5. The number of nitrogens with zero attached hydrogens (tertiary/aromatic N) is 1. The molecule has 1 aromatic rings. The molecule has 1 rings (SSSR count). The molecule has 18 heavy (non-hydrogen) atoms. The Labute approximate surface area is 109 Å². The number of anilines is 1. The summed E-state index contributed by atoms with van der Waals surface area (Å²) in [6.45, 7) is 7.86. The maximum atomic E-state index is 12.1. The van der Waals surface area contributed by atoms with Gasteiger partial charge in [-0.25, -0.2) is 4.79 Å². The molecule has 0 bridgehead atoms. The van der Waals surface area contributed by atoms with E-state index in [0.29, 0.717) is 6.54 Å². The summed E-state index contributed by atoms with van der Waals surface area (Å²) in [6.07, 6.45) is -0.531. The third-order valence-corrected chi connectivity index (χ3v) is 2.65. The lowest BCUT2D eigenvalue weighted by Crippen LogP contribution is -2.43. The predicted molar refractivity (Wildman–Crippen MR) is 73.7 cm³/mol. The minimum Gasteiger partial charge on any atom is -0.392 e. The monoisotopic (exact) mass is 250 g/mol. The lowest BCUT2D eigenvalue weighted by molar-refractivity contribution is 0.125. The average molecular weight is 250 g/mol. The van der Waals surface area contributed by atoms with Crippen molar-refractivity contribution in [2.45, 2.75) is 39.8 Å². The first-order valence-corrected chi connectivity index (χ1v) is 6.22. The molecule has 0 aliphatic heterocycles. The number of nitrogens with one attached hydrogen (secondary N) is 1. The van der Waals surface area contributed by atoms with Crippen molar-refractivity contribution in [3.8, 4) is 0 Å². The van der Waals surface area contributed by atoms with Crippen LogP contribution in [0.25, 0.3) is 0 Å². The number of aliphatic hydroxyl groups excluding tert-OH is 1. The van der Waals surface area contributed by atoms with Crippen LogP contribution in [-0.2, 0) is 0 Å². The number of benzene rings is 1. The summed E-state index contributed by atoms with van der Waals surface area (Å²) in [5, 5.41) is 12.2. The summed E-state index contributed by atoms with van der Waals surface area (Å²) < 4.78 is 0. The Morgan fingerprint density at radius 2 is 1.83 bits per heavy atom. The van der Waals surface area contributed by atoms with E-state index in [9.17, 15) is 9.90 Å². The molecule has 1 unspecified atom stereocenters. The molecule has 0 heterocycles. The topological polar surface area (TPSA) is 52.6 Å². The van der Waals surface area contributed by atoms with Crippen LogP contribution in [0, 0.1) is 6.92 Å². The normalized spacial score (nSPS) is 12.3. The van der Waals surface area contributed by atoms with Gasteiger partial charge in [-0.2, -0.15) is 0 Å². The Morgan fingerprint density at radius 3 is 2.28 bits per heavy atom. The van der Waals surface area contributed by atoms with Crippen LogP contribution >= 0.6 is 0 Å². The highest BCUT2D eigenvalue weighted by molar-refractivity contribution is 5.89. The minimum absolute atomic E-state index is 0.0463. The molecule has 100 valence electrons. The third-order valence-electron chi connectivity index (χ3n) is 2.65. The maximum absolute atomic E-state index is 12.1. The Bertz CT molecular complexity index is 385. The molecular weight excluding hydrogens is 228 g/mol. The van der Waals surface area contributed by atoms with Gasteiger partial charge in [-0.3, -0.25) is 0 Å². The number of amides is 2. The van der Waals surface area contributed by atoms with Gasteiger partial charge in [0, 0.05) is 18.3 Å². The number of aryl methyl sites for hydroxylation is 1. The highest BCUT2D eigenvalue weighted by Gasteiger charge is 2.18. The van der Waals surface area contributed by atoms with Gasteiger partial charge >= 0.3 is 6.03 Å². The van der Waals surface area contributed by atoms with Crippen molar-refractivity contribution in [1.82, 2.24) is 4.90 Å². The largest absolute Gasteiger partial charge is 0.392 e. The fourth-order valence-electron chi connectivity index (χ4n) is 1.65. The van der Waals surface area contributed by atoms with E-state index in [-0.39, 0.29) is 12.1 Å². The molecule has 1 aromatic carbocycles. The fraction of sp³-hybridized carbons (Fsp3) is 0.500. The van der Waals surface area contributed by atoms with Crippen LogP contribution in [0.4, 0.5) is 10.5 Å². The summed E-state index contributed by atoms with van der Waals surface area (Å²) in [7, 11) is 0. The molecule has 2 N–H and O–H groups in total. The molecule has 4 heteroatoms. The van der Waals surface area contributed by atoms with Crippen LogP contribution in [0.3, 0.4) is 0 Å². The first-order chi connectivity index (χ1) is 8.40. The lowest BCUT2D eigenvalue weighted by Gasteiger charge is -2.28. The molecule has 0 aliphatic rings. The number of urea groups is 1. The van der Waals surface area contributed by atoms with Crippen molar-refractivity contribution in [3.05, 3.63) is 29.8 Å². The second-order valence-corrected chi connectivity index (χ2v) is 4.89. The van der Waals surface area contributed by atoms with Crippen molar-refractivity contribution < 1.29 is 9.90 Å². The van der Waals surface area contributed by atoms with Crippen LogP contribution in [0.15, 0.2) is 24.3 Å². The first kappa shape index (κ1) is 14.5. The van der Waals surface area contributed by atoms with Gasteiger partial charge < -0.3 is 15.3 Å². The van der Waals surface area contributed by atoms with Crippen molar-refractivity contribution in [2.24, 2.45) is 0 Å². The lowest BCUT2D eigenvalue weighted by atomic mass is 10.2. The molecule has 2 amide bonds. The van der Waals surface area contributed by atoms with Crippen molar-refractivity contribution in [3.63, 3.8) is 0 Å². The summed E-state index contributed by atoms with van der Waals surface area (Å²) >= 11 is 0. The molecular formula is C14H22N2O2. The molecule has 0 saturated carbocycles. The molecule has 0 radical (unpaired) electrons. The van der Waals surface area contributed by atoms with Gasteiger partial charge in [0.25, 0.3) is 0 Å². The van der Waals surface area contributed by atoms with Crippen molar-refractivity contribution in [2.75, 3.05) is 11.9 Å². The highest BCUT2D eigenvalue weighted by atomic mass is 16.3. The number of carbonyl (C=O) groups excluding carboxylic acids is 1. The number of hydrogen-bond donors (Lipinski definition) is 2. The Balaban J connectivity index is 2.69. The van der Waals surface area contributed by atoms with Crippen molar-refractivity contribution >= 4 is 11.7 Å². The molecule has 0 saturated heterocycles. The second-order valence-electron chi connectivity index (χ2n) is 4.89. The van der Waals surface area contributed by atoms with Crippen LogP contribution in [-0.4, -0.2) is 34.7 Å². The van der Waals surface area contributed by atoms with E-state index >= 15 is 0 Å². The molecule has 0 fully saturated rings. The number of aliphatic hydroxyl groups is 1. The fourth-order valence-corrected chi connectivity index (χ4v) is 1.65. The summed E-state index contributed by atoms with van der Waals surface area (Å²) in [4.78, 5) is 13.7. The second kappa shape index (κ2) is 6.40. The number of carbonyl (C=O) groups is 1. The van der Waals surface area contributed by atoms with Gasteiger partial charge in [0.15, 0.2) is 0 Å². The van der Waals surface area contributed by atoms with Gasteiger partial charge in [-0.1, -0.05) is 17.7 Å². The molecule has 4 nitrogen and oxygen atoms in total. The van der Waals surface area contributed by atoms with Crippen LogP contribution in [0.5, 0.6) is 0 Å². The molecule has 0 aromatic heterocycles. The SMILES string of the molecule is Cc1ccc(NC(=O)N(CC(C)O)C(C)C)cc1. The minimum atomic E-state index is -0.531. The predicted octanol–water partition coefficient (Wildman–Crippen LogP) is 2.62. The van der Waals surface area contributed by atoms with E-state index < -0.39 is 6.10 Å². The number of rotatable bonds is 4. The third kappa shape index (κ3) is 4.37. The Morgan fingerprint density at radius 1 is 1.28 bits per heavy atom. The standard InChI is InChI=1S/C14H22N2O2/c1-10(2)16(9-12(4)17)14(18)15-13-7-5-11(3)6-8-13/h5-8,10,12,17H,9H2,1-4H3,(H,15,18). The molecule has 0 spiro atoms.